The summed E-state index contributed by atoms with van der Waals surface area (Å²) in [5.41, 5.74) is 6.85. The van der Waals surface area contributed by atoms with E-state index in [1.807, 2.05) is 30.3 Å². The molecule has 1 saturated heterocycles. The van der Waals surface area contributed by atoms with E-state index in [4.69, 9.17) is 0 Å². The van der Waals surface area contributed by atoms with Crippen LogP contribution in [0.4, 0.5) is 5.69 Å². The average Bonchev–Trinajstić information content (AvgIpc) is 2.63. The van der Waals surface area contributed by atoms with Crippen molar-refractivity contribution >= 4 is 11.5 Å². The minimum Gasteiger partial charge on any atom is -0.369 e. The van der Waals surface area contributed by atoms with Crippen LogP contribution in [0.15, 0.2) is 54.6 Å². The van der Waals surface area contributed by atoms with E-state index in [0.29, 0.717) is 13.0 Å². The summed E-state index contributed by atoms with van der Waals surface area (Å²) < 4.78 is 0. The molecule has 0 bridgehead atoms. The second kappa shape index (κ2) is 8.08. The summed E-state index contributed by atoms with van der Waals surface area (Å²) in [5.74, 6) is 0.196. The van der Waals surface area contributed by atoms with E-state index in [1.165, 1.54) is 11.3 Å². The molecule has 0 aliphatic carbocycles. The standard InChI is InChI=1S/C20H25N3O/c1-17-7-5-6-10-19(17)22-13-15-23(16-14-22)21-12-11-20(24)18-8-3-2-4-9-18/h2-10,21H,11-16H2,1H3. The monoisotopic (exact) mass is 323 g/mol. The van der Waals surface area contributed by atoms with Crippen molar-refractivity contribution in [2.24, 2.45) is 0 Å². The van der Waals surface area contributed by atoms with Gasteiger partial charge in [0, 0.05) is 50.4 Å². The van der Waals surface area contributed by atoms with E-state index in [1.54, 1.807) is 0 Å². The molecule has 1 aliphatic rings. The Morgan fingerprint density at radius 1 is 0.958 bits per heavy atom. The number of carbonyl (C=O) groups excluding carboxylic acids is 1. The number of hydrogen-bond acceptors (Lipinski definition) is 4. The summed E-state index contributed by atoms with van der Waals surface area (Å²) in [7, 11) is 0. The zero-order chi connectivity index (χ0) is 16.8. The third-order valence-corrected chi connectivity index (χ3v) is 4.52. The molecule has 1 heterocycles. The molecule has 1 aliphatic heterocycles. The number of para-hydroxylation sites is 1. The first-order valence-corrected chi connectivity index (χ1v) is 8.61. The van der Waals surface area contributed by atoms with Crippen molar-refractivity contribution in [2.45, 2.75) is 13.3 Å². The van der Waals surface area contributed by atoms with E-state index in [9.17, 15) is 4.79 Å². The van der Waals surface area contributed by atoms with E-state index in [-0.39, 0.29) is 5.78 Å². The van der Waals surface area contributed by atoms with Gasteiger partial charge in [0.15, 0.2) is 5.78 Å². The molecule has 0 aromatic heterocycles. The van der Waals surface area contributed by atoms with Crippen LogP contribution in [0.2, 0.25) is 0 Å². The first kappa shape index (κ1) is 16.7. The van der Waals surface area contributed by atoms with Crippen molar-refractivity contribution in [1.82, 2.24) is 10.4 Å². The van der Waals surface area contributed by atoms with Crippen molar-refractivity contribution in [3.8, 4) is 0 Å². The molecule has 1 fully saturated rings. The van der Waals surface area contributed by atoms with Gasteiger partial charge in [0.2, 0.25) is 0 Å². The van der Waals surface area contributed by atoms with E-state index in [0.717, 1.165) is 31.7 Å². The quantitative estimate of drug-likeness (QED) is 0.829. The van der Waals surface area contributed by atoms with Crippen molar-refractivity contribution in [1.29, 1.82) is 0 Å². The summed E-state index contributed by atoms with van der Waals surface area (Å²) in [6.07, 6.45) is 0.530. The first-order valence-electron chi connectivity index (χ1n) is 8.61. The zero-order valence-electron chi connectivity index (χ0n) is 14.2. The molecule has 0 amide bonds. The number of anilines is 1. The predicted molar refractivity (Wildman–Crippen MR) is 98.4 cm³/mol. The molecule has 0 saturated carbocycles. The third-order valence-electron chi connectivity index (χ3n) is 4.52. The van der Waals surface area contributed by atoms with Crippen LogP contribution in [0.3, 0.4) is 0 Å². The minimum atomic E-state index is 0.196. The summed E-state index contributed by atoms with van der Waals surface area (Å²) in [6, 6.07) is 18.0. The fourth-order valence-corrected chi connectivity index (χ4v) is 3.12. The number of nitrogens with one attached hydrogen (secondary N) is 1. The lowest BCUT2D eigenvalue weighted by Gasteiger charge is -2.36. The van der Waals surface area contributed by atoms with Crippen molar-refractivity contribution < 1.29 is 4.79 Å². The molecule has 0 radical (unpaired) electrons. The van der Waals surface area contributed by atoms with Gasteiger partial charge in [-0.3, -0.25) is 10.2 Å². The Morgan fingerprint density at radius 3 is 2.33 bits per heavy atom. The Hall–Kier alpha value is -2.17. The number of aryl methyl sites for hydroxylation is 1. The lowest BCUT2D eigenvalue weighted by molar-refractivity contribution is 0.0964. The number of piperazine rings is 1. The molecule has 24 heavy (non-hydrogen) atoms. The van der Waals surface area contributed by atoms with Gasteiger partial charge in [-0.1, -0.05) is 48.5 Å². The van der Waals surface area contributed by atoms with Crippen LogP contribution in [0.25, 0.3) is 0 Å². The smallest absolute Gasteiger partial charge is 0.164 e. The average molecular weight is 323 g/mol. The third kappa shape index (κ3) is 4.22. The number of Topliss-reactive ketones (excluding diaryl/α,β-unsaturated/α-hetero) is 1. The van der Waals surface area contributed by atoms with Crippen LogP contribution in [-0.4, -0.2) is 43.5 Å². The van der Waals surface area contributed by atoms with Gasteiger partial charge in [0.1, 0.15) is 0 Å². The number of ketones is 1. The van der Waals surface area contributed by atoms with Crippen LogP contribution in [0.1, 0.15) is 22.3 Å². The van der Waals surface area contributed by atoms with Gasteiger partial charge in [-0.05, 0) is 18.6 Å². The lowest BCUT2D eigenvalue weighted by atomic mass is 10.1. The van der Waals surface area contributed by atoms with Crippen molar-refractivity contribution in [3.05, 3.63) is 65.7 Å². The molecule has 3 rings (SSSR count). The van der Waals surface area contributed by atoms with Gasteiger partial charge < -0.3 is 4.90 Å². The van der Waals surface area contributed by atoms with Crippen LogP contribution >= 0.6 is 0 Å². The Kier molecular flexibility index (Phi) is 5.62. The maximum Gasteiger partial charge on any atom is 0.164 e. The molecule has 2 aromatic rings. The Morgan fingerprint density at radius 2 is 1.62 bits per heavy atom. The highest BCUT2D eigenvalue weighted by Crippen LogP contribution is 2.20. The lowest BCUT2D eigenvalue weighted by Crippen LogP contribution is -2.52. The summed E-state index contributed by atoms with van der Waals surface area (Å²) in [5, 5.41) is 2.23. The highest BCUT2D eigenvalue weighted by molar-refractivity contribution is 5.96. The number of hydrogen-bond donors (Lipinski definition) is 1. The van der Waals surface area contributed by atoms with Crippen LogP contribution in [0.5, 0.6) is 0 Å². The molecule has 0 unspecified atom stereocenters. The number of carbonyl (C=O) groups is 1. The Balaban J connectivity index is 1.41. The Labute approximate surface area is 144 Å². The summed E-state index contributed by atoms with van der Waals surface area (Å²) >= 11 is 0. The number of nitrogens with zero attached hydrogens (tertiary/aromatic N) is 2. The van der Waals surface area contributed by atoms with Crippen LogP contribution < -0.4 is 10.3 Å². The topological polar surface area (TPSA) is 35.6 Å². The van der Waals surface area contributed by atoms with Gasteiger partial charge >= 0.3 is 0 Å². The zero-order valence-corrected chi connectivity index (χ0v) is 14.2. The summed E-state index contributed by atoms with van der Waals surface area (Å²) in [6.45, 7) is 6.80. The largest absolute Gasteiger partial charge is 0.369 e. The highest BCUT2D eigenvalue weighted by Gasteiger charge is 2.18. The summed E-state index contributed by atoms with van der Waals surface area (Å²) in [4.78, 5) is 14.5. The number of rotatable bonds is 6. The maximum atomic E-state index is 12.1. The molecule has 0 atom stereocenters. The predicted octanol–water partition coefficient (Wildman–Crippen LogP) is 2.89. The van der Waals surface area contributed by atoms with Crippen molar-refractivity contribution in [2.75, 3.05) is 37.6 Å². The van der Waals surface area contributed by atoms with Gasteiger partial charge in [-0.15, -0.1) is 0 Å². The van der Waals surface area contributed by atoms with Gasteiger partial charge in [-0.25, -0.2) is 5.01 Å². The molecule has 0 spiro atoms. The van der Waals surface area contributed by atoms with E-state index >= 15 is 0 Å². The van der Waals surface area contributed by atoms with Gasteiger partial charge in [-0.2, -0.15) is 0 Å². The molecule has 126 valence electrons. The van der Waals surface area contributed by atoms with Crippen molar-refractivity contribution in [3.63, 3.8) is 0 Å². The molecular formula is C20H25N3O. The fraction of sp³-hybridized carbons (Fsp3) is 0.350. The van der Waals surface area contributed by atoms with Crippen LogP contribution in [-0.2, 0) is 0 Å². The van der Waals surface area contributed by atoms with E-state index in [2.05, 4.69) is 46.5 Å². The first-order chi connectivity index (χ1) is 11.7. The molecule has 2 aromatic carbocycles. The Bertz CT molecular complexity index is 664. The SMILES string of the molecule is Cc1ccccc1N1CCN(NCCC(=O)c2ccccc2)CC1. The second-order valence-corrected chi connectivity index (χ2v) is 6.21. The normalized spacial score (nSPS) is 15.5. The fourth-order valence-electron chi connectivity index (χ4n) is 3.12. The number of hydrazine groups is 1. The highest BCUT2D eigenvalue weighted by atomic mass is 16.1. The number of benzene rings is 2. The van der Waals surface area contributed by atoms with Gasteiger partial charge in [0.05, 0.1) is 0 Å². The molecule has 4 nitrogen and oxygen atoms in total. The molecular weight excluding hydrogens is 298 g/mol. The molecule has 4 heteroatoms. The maximum absolute atomic E-state index is 12.1. The molecule has 1 N–H and O–H groups in total. The van der Waals surface area contributed by atoms with E-state index < -0.39 is 0 Å². The van der Waals surface area contributed by atoms with Gasteiger partial charge in [0.25, 0.3) is 0 Å². The second-order valence-electron chi connectivity index (χ2n) is 6.21. The minimum absolute atomic E-state index is 0.196. The van der Waals surface area contributed by atoms with Crippen LogP contribution in [0, 0.1) is 6.92 Å².